The van der Waals surface area contributed by atoms with Gasteiger partial charge in [0.05, 0.1) is 19.3 Å². The third-order valence-corrected chi connectivity index (χ3v) is 2.62. The van der Waals surface area contributed by atoms with Crippen LogP contribution in [-0.4, -0.2) is 24.7 Å². The van der Waals surface area contributed by atoms with E-state index in [2.05, 4.69) is 9.72 Å². The van der Waals surface area contributed by atoms with Crippen LogP contribution < -0.4 is 4.74 Å². The number of esters is 1. The van der Waals surface area contributed by atoms with Gasteiger partial charge in [-0.2, -0.15) is 5.26 Å². The summed E-state index contributed by atoms with van der Waals surface area (Å²) in [5.74, 6) is -0.171. The molecule has 5 heteroatoms. The van der Waals surface area contributed by atoms with Crippen LogP contribution >= 0.6 is 0 Å². The molecular formula is C11H10N2O3. The molecule has 1 aromatic heterocycles. The molecule has 0 amide bonds. The van der Waals surface area contributed by atoms with Crippen molar-refractivity contribution < 1.29 is 14.3 Å². The van der Waals surface area contributed by atoms with Crippen molar-refractivity contribution in [3.8, 4) is 11.9 Å². The number of carbonyl (C=O) groups excluding carboxylic acids is 1. The van der Waals surface area contributed by atoms with Gasteiger partial charge in [0.2, 0.25) is 5.88 Å². The number of pyridine rings is 1. The van der Waals surface area contributed by atoms with E-state index in [1.54, 1.807) is 6.92 Å². The molecule has 0 aliphatic carbocycles. The maximum Gasteiger partial charge on any atom is 0.358 e. The zero-order valence-corrected chi connectivity index (χ0v) is 9.03. The number of methoxy groups -OCH3 is 1. The number of nitrogens with zero attached hydrogens (tertiary/aromatic N) is 2. The molecule has 0 N–H and O–H groups in total. The molecule has 0 spiro atoms. The van der Waals surface area contributed by atoms with E-state index in [0.717, 1.165) is 17.5 Å². The fourth-order valence-electron chi connectivity index (χ4n) is 1.76. The number of ether oxygens (including phenoxy) is 2. The Balaban J connectivity index is 2.67. The zero-order valence-electron chi connectivity index (χ0n) is 9.03. The number of carbonyl (C=O) groups is 1. The topological polar surface area (TPSA) is 72.2 Å². The van der Waals surface area contributed by atoms with Crippen molar-refractivity contribution >= 4 is 5.97 Å². The molecule has 0 aromatic carbocycles. The van der Waals surface area contributed by atoms with Gasteiger partial charge in [0.25, 0.3) is 0 Å². The standard InChI is InChI=1S/C11H10N2O3/c1-6-7-3-4-16-10(7)13-9(8(6)5-12)11(14)15-2/h3-4H2,1-2H3. The average molecular weight is 218 g/mol. The van der Waals surface area contributed by atoms with E-state index in [1.807, 2.05) is 6.07 Å². The maximum absolute atomic E-state index is 11.5. The fourth-order valence-corrected chi connectivity index (χ4v) is 1.76. The number of fused-ring (bicyclic) bond motifs is 1. The second-order valence-corrected chi connectivity index (χ2v) is 3.45. The van der Waals surface area contributed by atoms with Crippen LogP contribution in [0.2, 0.25) is 0 Å². The van der Waals surface area contributed by atoms with E-state index in [4.69, 9.17) is 10.00 Å². The molecule has 1 aliphatic rings. The van der Waals surface area contributed by atoms with Crippen LogP contribution in [0, 0.1) is 18.3 Å². The van der Waals surface area contributed by atoms with Gasteiger partial charge < -0.3 is 9.47 Å². The van der Waals surface area contributed by atoms with E-state index >= 15 is 0 Å². The lowest BCUT2D eigenvalue weighted by atomic mass is 10.0. The molecule has 82 valence electrons. The molecule has 0 radical (unpaired) electrons. The van der Waals surface area contributed by atoms with Crippen molar-refractivity contribution in [3.05, 3.63) is 22.4 Å². The number of nitriles is 1. The molecule has 1 aromatic rings. The SMILES string of the molecule is COC(=O)c1nc2c(c(C)c1C#N)CCO2. The van der Waals surface area contributed by atoms with E-state index in [-0.39, 0.29) is 11.3 Å². The highest BCUT2D eigenvalue weighted by Gasteiger charge is 2.25. The number of rotatable bonds is 1. The number of hydrogen-bond acceptors (Lipinski definition) is 5. The van der Waals surface area contributed by atoms with Gasteiger partial charge in [-0.05, 0) is 12.5 Å². The van der Waals surface area contributed by atoms with Crippen LogP contribution in [0.25, 0.3) is 0 Å². The third-order valence-electron chi connectivity index (χ3n) is 2.62. The smallest absolute Gasteiger partial charge is 0.358 e. The minimum Gasteiger partial charge on any atom is -0.477 e. The Bertz CT molecular complexity index is 503. The zero-order chi connectivity index (χ0) is 11.7. The van der Waals surface area contributed by atoms with E-state index in [1.165, 1.54) is 7.11 Å². The first-order valence-electron chi connectivity index (χ1n) is 4.83. The Labute approximate surface area is 92.6 Å². The lowest BCUT2D eigenvalue weighted by Gasteiger charge is -2.07. The van der Waals surface area contributed by atoms with Crippen molar-refractivity contribution in [1.82, 2.24) is 4.98 Å². The molecule has 0 bridgehead atoms. The summed E-state index contributed by atoms with van der Waals surface area (Å²) in [4.78, 5) is 15.5. The first-order valence-corrected chi connectivity index (χ1v) is 4.83. The number of hydrogen-bond donors (Lipinski definition) is 0. The van der Waals surface area contributed by atoms with E-state index in [9.17, 15) is 4.79 Å². The summed E-state index contributed by atoms with van der Waals surface area (Å²) in [6.45, 7) is 2.33. The molecule has 2 rings (SSSR count). The summed E-state index contributed by atoms with van der Waals surface area (Å²) >= 11 is 0. The normalized spacial score (nSPS) is 12.6. The van der Waals surface area contributed by atoms with Gasteiger partial charge in [0.15, 0.2) is 5.69 Å². The minimum absolute atomic E-state index is 0.0307. The summed E-state index contributed by atoms with van der Waals surface area (Å²) in [5.41, 5.74) is 1.97. The Morgan fingerprint density at radius 3 is 3.00 bits per heavy atom. The van der Waals surface area contributed by atoms with Crippen molar-refractivity contribution in [2.45, 2.75) is 13.3 Å². The van der Waals surface area contributed by atoms with Crippen molar-refractivity contribution in [2.24, 2.45) is 0 Å². The largest absolute Gasteiger partial charge is 0.477 e. The molecule has 0 saturated carbocycles. The van der Waals surface area contributed by atoms with Gasteiger partial charge in [0.1, 0.15) is 6.07 Å². The van der Waals surface area contributed by atoms with E-state index < -0.39 is 5.97 Å². The monoisotopic (exact) mass is 218 g/mol. The van der Waals surface area contributed by atoms with Crippen molar-refractivity contribution in [1.29, 1.82) is 5.26 Å². The van der Waals surface area contributed by atoms with Crippen molar-refractivity contribution in [3.63, 3.8) is 0 Å². The van der Waals surface area contributed by atoms with Crippen LogP contribution in [0.15, 0.2) is 0 Å². The Kier molecular flexibility index (Phi) is 2.49. The molecule has 0 fully saturated rings. The molecule has 1 aliphatic heterocycles. The first-order chi connectivity index (χ1) is 7.69. The summed E-state index contributed by atoms with van der Waals surface area (Å²) in [6, 6.07) is 1.99. The fraction of sp³-hybridized carbons (Fsp3) is 0.364. The summed E-state index contributed by atoms with van der Waals surface area (Å²) in [7, 11) is 1.26. The van der Waals surface area contributed by atoms with Gasteiger partial charge in [-0.1, -0.05) is 0 Å². The maximum atomic E-state index is 11.5. The highest BCUT2D eigenvalue weighted by atomic mass is 16.5. The van der Waals surface area contributed by atoms with Crippen LogP contribution in [0.5, 0.6) is 5.88 Å². The highest BCUT2D eigenvalue weighted by molar-refractivity contribution is 5.91. The van der Waals surface area contributed by atoms with Gasteiger partial charge in [-0.15, -0.1) is 0 Å². The first kappa shape index (κ1) is 10.4. The lowest BCUT2D eigenvalue weighted by molar-refractivity contribution is 0.0592. The number of aromatic nitrogens is 1. The molecule has 2 heterocycles. The Morgan fingerprint density at radius 1 is 1.62 bits per heavy atom. The Morgan fingerprint density at radius 2 is 2.38 bits per heavy atom. The van der Waals surface area contributed by atoms with Gasteiger partial charge in [0, 0.05) is 12.0 Å². The highest BCUT2D eigenvalue weighted by Crippen LogP contribution is 2.29. The van der Waals surface area contributed by atoms with Crippen LogP contribution in [0.3, 0.4) is 0 Å². The molecular weight excluding hydrogens is 208 g/mol. The second-order valence-electron chi connectivity index (χ2n) is 3.45. The van der Waals surface area contributed by atoms with E-state index in [0.29, 0.717) is 12.5 Å². The van der Waals surface area contributed by atoms with Gasteiger partial charge >= 0.3 is 5.97 Å². The molecule has 16 heavy (non-hydrogen) atoms. The lowest BCUT2D eigenvalue weighted by Crippen LogP contribution is -2.10. The van der Waals surface area contributed by atoms with Crippen LogP contribution in [0.1, 0.15) is 27.2 Å². The second kappa shape index (κ2) is 3.81. The Hall–Kier alpha value is -2.09. The van der Waals surface area contributed by atoms with Crippen molar-refractivity contribution in [2.75, 3.05) is 13.7 Å². The van der Waals surface area contributed by atoms with Gasteiger partial charge in [-0.3, -0.25) is 0 Å². The molecule has 0 saturated heterocycles. The molecule has 0 atom stereocenters. The van der Waals surface area contributed by atoms with Crippen LogP contribution in [-0.2, 0) is 11.2 Å². The predicted molar refractivity (Wildman–Crippen MR) is 54.2 cm³/mol. The molecule has 5 nitrogen and oxygen atoms in total. The quantitative estimate of drug-likeness (QED) is 0.657. The average Bonchev–Trinajstić information content (AvgIpc) is 2.76. The summed E-state index contributed by atoms with van der Waals surface area (Å²) in [6.07, 6.45) is 0.726. The summed E-state index contributed by atoms with van der Waals surface area (Å²) < 4.78 is 9.87. The van der Waals surface area contributed by atoms with Gasteiger partial charge in [-0.25, -0.2) is 9.78 Å². The minimum atomic E-state index is -0.613. The predicted octanol–water partition coefficient (Wildman–Crippen LogP) is 0.983. The summed E-state index contributed by atoms with van der Waals surface area (Å²) in [5, 5.41) is 9.04. The van der Waals surface area contributed by atoms with Crippen LogP contribution in [0.4, 0.5) is 0 Å². The molecule has 0 unspecified atom stereocenters. The third kappa shape index (κ3) is 1.39.